The van der Waals surface area contributed by atoms with Crippen LogP contribution in [0.3, 0.4) is 0 Å². The van der Waals surface area contributed by atoms with E-state index in [4.69, 9.17) is 4.74 Å². The maximum absolute atomic E-state index is 5.44. The molecule has 0 saturated carbocycles. The first-order valence-electron chi connectivity index (χ1n) is 9.62. The Morgan fingerprint density at radius 2 is 2.11 bits per heavy atom. The first-order valence-corrected chi connectivity index (χ1v) is 9.62. The summed E-state index contributed by atoms with van der Waals surface area (Å²) >= 11 is 0. The highest BCUT2D eigenvalue weighted by molar-refractivity contribution is 14.0. The molecule has 0 bridgehead atoms. The molecule has 154 valence electrons. The van der Waals surface area contributed by atoms with E-state index >= 15 is 0 Å². The van der Waals surface area contributed by atoms with Gasteiger partial charge in [-0.25, -0.2) is 9.97 Å². The van der Waals surface area contributed by atoms with Gasteiger partial charge in [-0.2, -0.15) is 0 Å². The molecule has 3 heterocycles. The number of nitrogens with zero attached hydrogens (tertiary/aromatic N) is 5. The van der Waals surface area contributed by atoms with Crippen molar-refractivity contribution < 1.29 is 4.74 Å². The fourth-order valence-corrected chi connectivity index (χ4v) is 3.37. The molecular weight excluding hydrogens is 467 g/mol. The van der Waals surface area contributed by atoms with Crippen LogP contribution >= 0.6 is 24.0 Å². The summed E-state index contributed by atoms with van der Waals surface area (Å²) in [5.74, 6) is 3.49. The van der Waals surface area contributed by atoms with Gasteiger partial charge in [-0.05, 0) is 43.7 Å². The first-order chi connectivity index (χ1) is 13.2. The van der Waals surface area contributed by atoms with E-state index in [-0.39, 0.29) is 24.0 Å². The van der Waals surface area contributed by atoms with Crippen LogP contribution in [0.5, 0.6) is 0 Å². The van der Waals surface area contributed by atoms with Crippen LogP contribution < -0.4 is 5.32 Å². The highest BCUT2D eigenvalue weighted by atomic mass is 127. The van der Waals surface area contributed by atoms with Crippen LogP contribution in [0.15, 0.2) is 35.7 Å². The van der Waals surface area contributed by atoms with Crippen LogP contribution in [0.4, 0.5) is 0 Å². The molecule has 1 fully saturated rings. The van der Waals surface area contributed by atoms with Crippen molar-refractivity contribution in [3.05, 3.63) is 42.1 Å². The molecule has 1 saturated heterocycles. The lowest BCUT2D eigenvalue weighted by Gasteiger charge is -2.26. The van der Waals surface area contributed by atoms with Gasteiger partial charge in [-0.3, -0.25) is 9.56 Å². The second-order valence-electron chi connectivity index (χ2n) is 7.04. The molecule has 0 aromatic carbocycles. The summed E-state index contributed by atoms with van der Waals surface area (Å²) in [4.78, 5) is 15.4. The van der Waals surface area contributed by atoms with Crippen LogP contribution in [-0.4, -0.2) is 59.2 Å². The smallest absolute Gasteiger partial charge is 0.193 e. The number of hydrogen-bond donors (Lipinski definition) is 1. The molecular formula is C20H31IN6O. The Balaban J connectivity index is 0.00000280. The Labute approximate surface area is 184 Å². The molecule has 0 unspecified atom stereocenters. The monoisotopic (exact) mass is 498 g/mol. The van der Waals surface area contributed by atoms with E-state index in [0.717, 1.165) is 48.8 Å². The Kier molecular flexibility index (Phi) is 9.17. The van der Waals surface area contributed by atoms with Gasteiger partial charge in [0.15, 0.2) is 5.96 Å². The summed E-state index contributed by atoms with van der Waals surface area (Å²) in [6.07, 6.45) is 9.14. The SMILES string of the molecule is CN=C(NCc1ccc(-n2ccnc2C)nc1)N(C)CCC1CCOCC1.I. The Bertz CT molecular complexity index is 739. The fraction of sp³-hybridized carbons (Fsp3) is 0.550. The topological polar surface area (TPSA) is 67.6 Å². The molecule has 1 aliphatic heterocycles. The molecule has 0 spiro atoms. The number of aryl methyl sites for hydroxylation is 1. The molecule has 1 aliphatic rings. The van der Waals surface area contributed by atoms with Gasteiger partial charge < -0.3 is 15.0 Å². The van der Waals surface area contributed by atoms with Crippen LogP contribution in [0.25, 0.3) is 5.82 Å². The number of rotatable bonds is 6. The van der Waals surface area contributed by atoms with Crippen molar-refractivity contribution in [1.29, 1.82) is 0 Å². The molecule has 7 nitrogen and oxygen atoms in total. The highest BCUT2D eigenvalue weighted by Gasteiger charge is 2.15. The summed E-state index contributed by atoms with van der Waals surface area (Å²) in [7, 11) is 3.92. The van der Waals surface area contributed by atoms with Gasteiger partial charge in [-0.1, -0.05) is 6.07 Å². The Morgan fingerprint density at radius 1 is 1.32 bits per heavy atom. The van der Waals surface area contributed by atoms with Gasteiger partial charge in [0.05, 0.1) is 0 Å². The molecule has 0 atom stereocenters. The third-order valence-corrected chi connectivity index (χ3v) is 5.12. The number of guanidine groups is 1. The third kappa shape index (κ3) is 6.16. The number of ether oxygens (including phenoxy) is 1. The van der Waals surface area contributed by atoms with Gasteiger partial charge in [0.2, 0.25) is 0 Å². The van der Waals surface area contributed by atoms with Gasteiger partial charge in [0, 0.05) is 59.0 Å². The molecule has 1 N–H and O–H groups in total. The summed E-state index contributed by atoms with van der Waals surface area (Å²) in [5, 5.41) is 3.43. The van der Waals surface area contributed by atoms with E-state index in [9.17, 15) is 0 Å². The van der Waals surface area contributed by atoms with Crippen LogP contribution in [0, 0.1) is 12.8 Å². The van der Waals surface area contributed by atoms with E-state index in [1.54, 1.807) is 6.20 Å². The number of pyridine rings is 1. The predicted molar refractivity (Wildman–Crippen MR) is 122 cm³/mol. The van der Waals surface area contributed by atoms with Crippen molar-refractivity contribution in [3.63, 3.8) is 0 Å². The number of aliphatic imine (C=N–C) groups is 1. The van der Waals surface area contributed by atoms with Crippen molar-refractivity contribution in [1.82, 2.24) is 24.8 Å². The number of imidazole rings is 1. The molecule has 0 aliphatic carbocycles. The second-order valence-corrected chi connectivity index (χ2v) is 7.04. The van der Waals surface area contributed by atoms with Crippen molar-refractivity contribution in [3.8, 4) is 5.82 Å². The Morgan fingerprint density at radius 3 is 2.71 bits per heavy atom. The van der Waals surface area contributed by atoms with Crippen molar-refractivity contribution >= 4 is 29.9 Å². The summed E-state index contributed by atoms with van der Waals surface area (Å²) in [6, 6.07) is 4.10. The van der Waals surface area contributed by atoms with Gasteiger partial charge >= 0.3 is 0 Å². The Hall–Kier alpha value is -1.68. The first kappa shape index (κ1) is 22.6. The number of hydrogen-bond acceptors (Lipinski definition) is 4. The maximum atomic E-state index is 5.44. The molecule has 28 heavy (non-hydrogen) atoms. The molecule has 0 amide bonds. The standard InChI is InChI=1S/C20H30N6O.HI/c1-16-22-9-11-26(16)19-5-4-18(14-23-19)15-24-20(21-2)25(3)10-6-17-7-12-27-13-8-17;/h4-5,9,11,14,17H,6-8,10,12-13,15H2,1-3H3,(H,21,24);1H. The van der Waals surface area contributed by atoms with E-state index < -0.39 is 0 Å². The minimum atomic E-state index is 0. The zero-order valence-corrected chi connectivity index (χ0v) is 19.3. The molecule has 2 aromatic heterocycles. The lowest BCUT2D eigenvalue weighted by molar-refractivity contribution is 0.0625. The van der Waals surface area contributed by atoms with E-state index in [0.29, 0.717) is 6.54 Å². The maximum Gasteiger partial charge on any atom is 0.193 e. The van der Waals surface area contributed by atoms with Crippen LogP contribution in [0.1, 0.15) is 30.7 Å². The zero-order valence-electron chi connectivity index (χ0n) is 17.0. The molecule has 0 radical (unpaired) electrons. The summed E-state index contributed by atoms with van der Waals surface area (Å²) in [6.45, 7) is 5.48. The van der Waals surface area contributed by atoms with E-state index in [1.807, 2.05) is 37.0 Å². The molecule has 2 aromatic rings. The summed E-state index contributed by atoms with van der Waals surface area (Å²) in [5.41, 5.74) is 1.12. The number of aromatic nitrogens is 3. The van der Waals surface area contributed by atoms with Crippen LogP contribution in [-0.2, 0) is 11.3 Å². The minimum Gasteiger partial charge on any atom is -0.381 e. The quantitative estimate of drug-likeness (QED) is 0.377. The van der Waals surface area contributed by atoms with Gasteiger partial charge in [-0.15, -0.1) is 24.0 Å². The number of nitrogens with one attached hydrogen (secondary N) is 1. The third-order valence-electron chi connectivity index (χ3n) is 5.12. The van der Waals surface area contributed by atoms with Crippen LogP contribution in [0.2, 0.25) is 0 Å². The predicted octanol–water partition coefficient (Wildman–Crippen LogP) is 3.02. The largest absolute Gasteiger partial charge is 0.381 e. The van der Waals surface area contributed by atoms with Crippen molar-refractivity contribution in [2.75, 3.05) is 33.9 Å². The van der Waals surface area contributed by atoms with Crippen molar-refractivity contribution in [2.45, 2.75) is 32.7 Å². The van der Waals surface area contributed by atoms with E-state index in [1.165, 1.54) is 19.3 Å². The zero-order chi connectivity index (χ0) is 19.1. The minimum absolute atomic E-state index is 0. The van der Waals surface area contributed by atoms with Gasteiger partial charge in [0.1, 0.15) is 11.6 Å². The lowest BCUT2D eigenvalue weighted by Crippen LogP contribution is -2.39. The average Bonchev–Trinajstić information content (AvgIpc) is 3.14. The van der Waals surface area contributed by atoms with Gasteiger partial charge in [0.25, 0.3) is 0 Å². The van der Waals surface area contributed by atoms with Crippen molar-refractivity contribution in [2.24, 2.45) is 10.9 Å². The lowest BCUT2D eigenvalue weighted by atomic mass is 9.96. The highest BCUT2D eigenvalue weighted by Crippen LogP contribution is 2.18. The summed E-state index contributed by atoms with van der Waals surface area (Å²) < 4.78 is 7.41. The molecule has 8 heteroatoms. The average molecular weight is 498 g/mol. The normalized spacial score (nSPS) is 15.2. The number of halogens is 1. The fourth-order valence-electron chi connectivity index (χ4n) is 3.37. The molecule has 3 rings (SSSR count). The second kappa shape index (κ2) is 11.4. The van der Waals surface area contributed by atoms with E-state index in [2.05, 4.69) is 38.3 Å².